The zero-order chi connectivity index (χ0) is 9.40. The molecule has 0 aliphatic carbocycles. The first-order chi connectivity index (χ1) is 5.72. The van der Waals surface area contributed by atoms with Gasteiger partial charge in [-0.1, -0.05) is 37.0 Å². The van der Waals surface area contributed by atoms with Crippen LogP contribution < -0.4 is 5.73 Å². The van der Waals surface area contributed by atoms with E-state index in [1.165, 1.54) is 0 Å². The highest BCUT2D eigenvalue weighted by Crippen LogP contribution is 2.06. The summed E-state index contributed by atoms with van der Waals surface area (Å²) in [4.78, 5) is 0. The summed E-state index contributed by atoms with van der Waals surface area (Å²) >= 11 is 0. The molecule has 1 heteroatoms. The molecule has 0 aliphatic heterocycles. The fraction of sp³-hybridized carbons (Fsp3) is 0.273. The van der Waals surface area contributed by atoms with Crippen molar-refractivity contribution in [2.75, 3.05) is 6.54 Å². The molecular formula is C11H17N. The maximum absolute atomic E-state index is 5.37. The highest BCUT2D eigenvalue weighted by atomic mass is 14.5. The molecule has 1 nitrogen and oxygen atoms in total. The minimum atomic E-state index is 0.572. The van der Waals surface area contributed by atoms with Gasteiger partial charge in [0.1, 0.15) is 0 Å². The standard InChI is InChI=1S/C11H17N/c1-4-5-6-7-10(2)11(3)8-9-12/h4-8H,2,9,12H2,1,3H3/b5-4-,7-6-,11-8-. The first-order valence-corrected chi connectivity index (χ1v) is 4.07. The Morgan fingerprint density at radius 1 is 1.42 bits per heavy atom. The fourth-order valence-electron chi connectivity index (χ4n) is 0.722. The molecule has 0 unspecified atom stereocenters. The van der Waals surface area contributed by atoms with E-state index in [4.69, 9.17) is 5.73 Å². The SMILES string of the molecule is C=C(/C=C\C=C/C)/C(C)=C\CN. The molecule has 0 aromatic carbocycles. The van der Waals surface area contributed by atoms with E-state index in [1.54, 1.807) is 0 Å². The van der Waals surface area contributed by atoms with Crippen molar-refractivity contribution in [2.45, 2.75) is 13.8 Å². The van der Waals surface area contributed by atoms with E-state index in [9.17, 15) is 0 Å². The molecule has 0 saturated carbocycles. The number of hydrogen-bond acceptors (Lipinski definition) is 1. The van der Waals surface area contributed by atoms with Gasteiger partial charge in [-0.15, -0.1) is 0 Å². The average molecular weight is 163 g/mol. The Labute approximate surface area is 75.0 Å². The van der Waals surface area contributed by atoms with Crippen LogP contribution in [0.5, 0.6) is 0 Å². The minimum absolute atomic E-state index is 0.572. The van der Waals surface area contributed by atoms with Crippen LogP contribution in [0.2, 0.25) is 0 Å². The maximum Gasteiger partial charge on any atom is 0.0112 e. The van der Waals surface area contributed by atoms with E-state index in [1.807, 2.05) is 44.2 Å². The first kappa shape index (κ1) is 10.9. The highest BCUT2D eigenvalue weighted by Gasteiger charge is 1.88. The van der Waals surface area contributed by atoms with Gasteiger partial charge in [0.15, 0.2) is 0 Å². The molecule has 0 spiro atoms. The molecule has 0 aliphatic rings. The Balaban J connectivity index is 4.13. The lowest BCUT2D eigenvalue weighted by atomic mass is 10.1. The molecule has 0 aromatic heterocycles. The van der Waals surface area contributed by atoms with Gasteiger partial charge < -0.3 is 5.73 Å². The van der Waals surface area contributed by atoms with Gasteiger partial charge in [-0.25, -0.2) is 0 Å². The molecule has 12 heavy (non-hydrogen) atoms. The van der Waals surface area contributed by atoms with Crippen molar-refractivity contribution in [2.24, 2.45) is 5.73 Å². The quantitative estimate of drug-likeness (QED) is 0.633. The maximum atomic E-state index is 5.37. The summed E-state index contributed by atoms with van der Waals surface area (Å²) in [5.41, 5.74) is 7.52. The second-order valence-electron chi connectivity index (χ2n) is 2.53. The highest BCUT2D eigenvalue weighted by molar-refractivity contribution is 5.36. The normalized spacial score (nSPS) is 13.1. The van der Waals surface area contributed by atoms with Crippen molar-refractivity contribution >= 4 is 0 Å². The smallest absolute Gasteiger partial charge is 0.0112 e. The van der Waals surface area contributed by atoms with E-state index in [2.05, 4.69) is 6.58 Å². The van der Waals surface area contributed by atoms with Crippen LogP contribution >= 0.6 is 0 Å². The number of allylic oxidation sites excluding steroid dienone is 6. The average Bonchev–Trinajstić information content (AvgIpc) is 2.05. The molecular weight excluding hydrogens is 146 g/mol. The van der Waals surface area contributed by atoms with Crippen LogP contribution in [-0.4, -0.2) is 6.54 Å². The van der Waals surface area contributed by atoms with E-state index >= 15 is 0 Å². The number of hydrogen-bond donors (Lipinski definition) is 1. The summed E-state index contributed by atoms with van der Waals surface area (Å²) in [5.74, 6) is 0. The number of nitrogens with two attached hydrogens (primary N) is 1. The number of rotatable bonds is 4. The molecule has 0 rings (SSSR count). The lowest BCUT2D eigenvalue weighted by Crippen LogP contribution is -1.94. The lowest BCUT2D eigenvalue weighted by Gasteiger charge is -1.97. The molecule has 66 valence electrons. The van der Waals surface area contributed by atoms with E-state index < -0.39 is 0 Å². The fourth-order valence-corrected chi connectivity index (χ4v) is 0.722. The van der Waals surface area contributed by atoms with Gasteiger partial charge in [0.2, 0.25) is 0 Å². The Hall–Kier alpha value is -1.08. The Morgan fingerprint density at radius 2 is 2.08 bits per heavy atom. The van der Waals surface area contributed by atoms with Gasteiger partial charge >= 0.3 is 0 Å². The zero-order valence-electron chi connectivity index (χ0n) is 7.88. The van der Waals surface area contributed by atoms with Crippen molar-refractivity contribution in [1.29, 1.82) is 0 Å². The Bertz CT molecular complexity index is 219. The molecule has 0 heterocycles. The lowest BCUT2D eigenvalue weighted by molar-refractivity contribution is 1.22. The van der Waals surface area contributed by atoms with Crippen LogP contribution in [0.25, 0.3) is 0 Å². The van der Waals surface area contributed by atoms with Crippen LogP contribution in [0.4, 0.5) is 0 Å². The second-order valence-corrected chi connectivity index (χ2v) is 2.53. The Morgan fingerprint density at radius 3 is 2.58 bits per heavy atom. The van der Waals surface area contributed by atoms with Crippen molar-refractivity contribution < 1.29 is 0 Å². The third-order valence-corrected chi connectivity index (χ3v) is 1.53. The van der Waals surface area contributed by atoms with Crippen LogP contribution in [0.1, 0.15) is 13.8 Å². The van der Waals surface area contributed by atoms with Crippen molar-refractivity contribution in [3.63, 3.8) is 0 Å². The molecule has 0 atom stereocenters. The molecule has 0 bridgehead atoms. The van der Waals surface area contributed by atoms with Gasteiger partial charge in [0.05, 0.1) is 0 Å². The second kappa shape index (κ2) is 6.62. The van der Waals surface area contributed by atoms with Gasteiger partial charge in [-0.2, -0.15) is 0 Å². The first-order valence-electron chi connectivity index (χ1n) is 4.07. The summed E-state index contributed by atoms with van der Waals surface area (Å²) in [5, 5.41) is 0. The third-order valence-electron chi connectivity index (χ3n) is 1.53. The van der Waals surface area contributed by atoms with Gasteiger partial charge in [0.25, 0.3) is 0 Å². The summed E-state index contributed by atoms with van der Waals surface area (Å²) in [6.45, 7) is 8.46. The predicted molar refractivity (Wildman–Crippen MR) is 55.9 cm³/mol. The monoisotopic (exact) mass is 163 g/mol. The Kier molecular flexibility index (Phi) is 6.02. The molecule has 0 aromatic rings. The van der Waals surface area contributed by atoms with Crippen molar-refractivity contribution in [3.05, 3.63) is 48.1 Å². The third kappa shape index (κ3) is 4.69. The topological polar surface area (TPSA) is 26.0 Å². The van der Waals surface area contributed by atoms with Gasteiger partial charge in [-0.05, 0) is 25.0 Å². The zero-order valence-corrected chi connectivity index (χ0v) is 7.88. The summed E-state index contributed by atoms with van der Waals surface area (Å²) in [6.07, 6.45) is 9.85. The van der Waals surface area contributed by atoms with Crippen LogP contribution in [-0.2, 0) is 0 Å². The summed E-state index contributed by atoms with van der Waals surface area (Å²) < 4.78 is 0. The van der Waals surface area contributed by atoms with E-state index in [0.717, 1.165) is 11.1 Å². The van der Waals surface area contributed by atoms with Crippen LogP contribution in [0.15, 0.2) is 48.1 Å². The van der Waals surface area contributed by atoms with Crippen molar-refractivity contribution in [3.8, 4) is 0 Å². The van der Waals surface area contributed by atoms with Gasteiger partial charge in [0, 0.05) is 6.54 Å². The largest absolute Gasteiger partial charge is 0.327 e. The van der Waals surface area contributed by atoms with Crippen molar-refractivity contribution in [1.82, 2.24) is 0 Å². The molecule has 0 saturated heterocycles. The summed E-state index contributed by atoms with van der Waals surface area (Å²) in [7, 11) is 0. The molecule has 2 N–H and O–H groups in total. The van der Waals surface area contributed by atoms with Crippen LogP contribution in [0, 0.1) is 0 Å². The van der Waals surface area contributed by atoms with Gasteiger partial charge in [-0.3, -0.25) is 0 Å². The molecule has 0 amide bonds. The minimum Gasteiger partial charge on any atom is -0.327 e. The van der Waals surface area contributed by atoms with E-state index in [-0.39, 0.29) is 0 Å². The molecule has 0 fully saturated rings. The summed E-state index contributed by atoms with van der Waals surface area (Å²) in [6, 6.07) is 0. The predicted octanol–water partition coefficient (Wildman–Crippen LogP) is 2.58. The van der Waals surface area contributed by atoms with Crippen LogP contribution in [0.3, 0.4) is 0 Å². The molecule has 0 radical (unpaired) electrons. The van der Waals surface area contributed by atoms with E-state index in [0.29, 0.717) is 6.54 Å².